The van der Waals surface area contributed by atoms with E-state index in [0.29, 0.717) is 17.2 Å². The number of rotatable bonds is 4. The lowest BCUT2D eigenvalue weighted by Crippen LogP contribution is -2.41. The van der Waals surface area contributed by atoms with Crippen molar-refractivity contribution in [2.45, 2.75) is 13.0 Å². The molecule has 0 bridgehead atoms. The average Bonchev–Trinajstić information content (AvgIpc) is 2.44. The molecule has 3 nitrogen and oxygen atoms in total. The highest BCUT2D eigenvalue weighted by molar-refractivity contribution is 6.30. The van der Waals surface area contributed by atoms with Gasteiger partial charge in [-0.15, -0.1) is 0 Å². The first-order chi connectivity index (χ1) is 10.2. The van der Waals surface area contributed by atoms with Crippen LogP contribution in [0.2, 0.25) is 5.02 Å². The van der Waals surface area contributed by atoms with Crippen LogP contribution in [0.3, 0.4) is 0 Å². The molecule has 1 saturated heterocycles. The molecule has 4 heteroatoms. The van der Waals surface area contributed by atoms with Crippen LogP contribution in [0, 0.1) is 0 Å². The first-order valence-corrected chi connectivity index (χ1v) is 7.37. The smallest absolute Gasteiger partial charge is 0.253 e. The molecular weight excluding hydrogens is 286 g/mol. The highest BCUT2D eigenvalue weighted by atomic mass is 35.5. The Labute approximate surface area is 129 Å². The number of hydrogen-bond donors (Lipinski definition) is 0. The van der Waals surface area contributed by atoms with E-state index in [4.69, 9.17) is 16.3 Å². The normalized spacial score (nSPS) is 13.7. The van der Waals surface area contributed by atoms with Crippen molar-refractivity contribution in [3.63, 3.8) is 0 Å². The summed E-state index contributed by atoms with van der Waals surface area (Å²) in [4.78, 5) is 13.9. The number of halogens is 1. The van der Waals surface area contributed by atoms with Crippen molar-refractivity contribution < 1.29 is 9.53 Å². The minimum Gasteiger partial charge on any atom is -0.489 e. The van der Waals surface area contributed by atoms with Crippen LogP contribution < -0.4 is 4.74 Å². The monoisotopic (exact) mass is 301 g/mol. The first-order valence-electron chi connectivity index (χ1n) is 6.99. The lowest BCUT2D eigenvalue weighted by molar-refractivity contribution is 0.0652. The fraction of sp³-hybridized carbons (Fsp3) is 0.235. The zero-order valence-electron chi connectivity index (χ0n) is 11.6. The Morgan fingerprint density at radius 1 is 1.14 bits per heavy atom. The standard InChI is InChI=1S/C17H16ClNO2/c18-15-4-1-3-13(11-15)12-21-16-7-5-14(6-8-16)17(20)19-9-2-10-19/h1,3-8,11H,2,9-10,12H2. The van der Waals surface area contributed by atoms with Gasteiger partial charge in [-0.25, -0.2) is 0 Å². The molecule has 3 rings (SSSR count). The minimum absolute atomic E-state index is 0.0997. The summed E-state index contributed by atoms with van der Waals surface area (Å²) >= 11 is 5.93. The summed E-state index contributed by atoms with van der Waals surface area (Å²) in [6, 6.07) is 14.9. The van der Waals surface area contributed by atoms with E-state index in [9.17, 15) is 4.79 Å². The van der Waals surface area contributed by atoms with Gasteiger partial charge in [0.2, 0.25) is 0 Å². The number of nitrogens with zero attached hydrogens (tertiary/aromatic N) is 1. The van der Waals surface area contributed by atoms with Gasteiger partial charge in [-0.1, -0.05) is 23.7 Å². The Kier molecular flexibility index (Phi) is 4.11. The van der Waals surface area contributed by atoms with Gasteiger partial charge < -0.3 is 9.64 Å². The second kappa shape index (κ2) is 6.19. The van der Waals surface area contributed by atoms with E-state index in [-0.39, 0.29) is 5.91 Å². The van der Waals surface area contributed by atoms with Crippen LogP contribution in [0.1, 0.15) is 22.3 Å². The zero-order chi connectivity index (χ0) is 14.7. The highest BCUT2D eigenvalue weighted by Gasteiger charge is 2.21. The number of hydrogen-bond acceptors (Lipinski definition) is 2. The first kappa shape index (κ1) is 14.0. The Balaban J connectivity index is 1.60. The lowest BCUT2D eigenvalue weighted by Gasteiger charge is -2.30. The quantitative estimate of drug-likeness (QED) is 0.860. The molecule has 0 radical (unpaired) electrons. The fourth-order valence-corrected chi connectivity index (χ4v) is 2.40. The second-order valence-electron chi connectivity index (χ2n) is 5.09. The van der Waals surface area contributed by atoms with Crippen LogP contribution in [0.5, 0.6) is 5.75 Å². The summed E-state index contributed by atoms with van der Waals surface area (Å²) in [5.74, 6) is 0.845. The SMILES string of the molecule is O=C(c1ccc(OCc2cccc(Cl)c2)cc1)N1CCC1. The Morgan fingerprint density at radius 3 is 2.52 bits per heavy atom. The predicted octanol–water partition coefficient (Wildman–Crippen LogP) is 3.76. The molecule has 0 aliphatic carbocycles. The molecule has 0 aromatic heterocycles. The van der Waals surface area contributed by atoms with Crippen LogP contribution >= 0.6 is 11.6 Å². The van der Waals surface area contributed by atoms with Gasteiger partial charge in [-0.05, 0) is 48.4 Å². The van der Waals surface area contributed by atoms with Crippen molar-refractivity contribution in [2.75, 3.05) is 13.1 Å². The zero-order valence-corrected chi connectivity index (χ0v) is 12.3. The van der Waals surface area contributed by atoms with E-state index in [1.54, 1.807) is 0 Å². The third-order valence-electron chi connectivity index (χ3n) is 3.54. The van der Waals surface area contributed by atoms with E-state index < -0.39 is 0 Å². The summed E-state index contributed by atoms with van der Waals surface area (Å²) in [6.07, 6.45) is 1.10. The number of benzene rings is 2. The number of ether oxygens (including phenoxy) is 1. The van der Waals surface area contributed by atoms with Gasteiger partial charge in [-0.3, -0.25) is 4.79 Å². The van der Waals surface area contributed by atoms with Crippen molar-refractivity contribution in [3.8, 4) is 5.75 Å². The molecule has 0 N–H and O–H groups in total. The summed E-state index contributed by atoms with van der Waals surface area (Å²) in [5, 5.41) is 0.701. The summed E-state index contributed by atoms with van der Waals surface area (Å²) < 4.78 is 5.70. The minimum atomic E-state index is 0.0997. The van der Waals surface area contributed by atoms with E-state index >= 15 is 0 Å². The van der Waals surface area contributed by atoms with Gasteiger partial charge in [0.25, 0.3) is 5.91 Å². The molecule has 0 spiro atoms. The molecule has 0 saturated carbocycles. The van der Waals surface area contributed by atoms with Gasteiger partial charge >= 0.3 is 0 Å². The van der Waals surface area contributed by atoms with Gasteiger partial charge in [0.15, 0.2) is 0 Å². The van der Waals surface area contributed by atoms with Crippen LogP contribution in [-0.4, -0.2) is 23.9 Å². The number of likely N-dealkylation sites (tertiary alicyclic amines) is 1. The molecule has 2 aromatic carbocycles. The molecule has 1 fully saturated rings. The van der Waals surface area contributed by atoms with E-state index in [1.165, 1.54) is 0 Å². The van der Waals surface area contributed by atoms with Gasteiger partial charge in [-0.2, -0.15) is 0 Å². The average molecular weight is 302 g/mol. The molecule has 1 heterocycles. The van der Waals surface area contributed by atoms with Crippen molar-refractivity contribution in [2.24, 2.45) is 0 Å². The maximum atomic E-state index is 12.0. The third kappa shape index (κ3) is 3.37. The fourth-order valence-electron chi connectivity index (χ4n) is 2.19. The molecule has 1 aliphatic rings. The van der Waals surface area contributed by atoms with E-state index in [2.05, 4.69) is 0 Å². The third-order valence-corrected chi connectivity index (χ3v) is 3.77. The maximum Gasteiger partial charge on any atom is 0.253 e. The predicted molar refractivity (Wildman–Crippen MR) is 82.7 cm³/mol. The van der Waals surface area contributed by atoms with Crippen molar-refractivity contribution >= 4 is 17.5 Å². The van der Waals surface area contributed by atoms with Gasteiger partial charge in [0.05, 0.1) is 0 Å². The van der Waals surface area contributed by atoms with Crippen LogP contribution in [0.25, 0.3) is 0 Å². The molecule has 1 amide bonds. The van der Waals surface area contributed by atoms with E-state index in [1.807, 2.05) is 53.4 Å². The highest BCUT2D eigenvalue weighted by Crippen LogP contribution is 2.18. The maximum absolute atomic E-state index is 12.0. The molecule has 21 heavy (non-hydrogen) atoms. The van der Waals surface area contributed by atoms with Crippen molar-refractivity contribution in [1.82, 2.24) is 4.90 Å². The molecule has 108 valence electrons. The van der Waals surface area contributed by atoms with Crippen molar-refractivity contribution in [3.05, 3.63) is 64.7 Å². The number of carbonyl (C=O) groups is 1. The summed E-state index contributed by atoms with van der Waals surface area (Å²) in [7, 11) is 0. The molecule has 2 aromatic rings. The topological polar surface area (TPSA) is 29.5 Å². The second-order valence-corrected chi connectivity index (χ2v) is 5.53. The Morgan fingerprint density at radius 2 is 1.90 bits per heavy atom. The summed E-state index contributed by atoms with van der Waals surface area (Å²) in [5.41, 5.74) is 1.73. The molecule has 1 aliphatic heterocycles. The number of carbonyl (C=O) groups excluding carboxylic acids is 1. The Bertz CT molecular complexity index is 635. The summed E-state index contributed by atoms with van der Waals surface area (Å²) in [6.45, 7) is 2.19. The number of amides is 1. The van der Waals surface area contributed by atoms with Gasteiger partial charge in [0.1, 0.15) is 12.4 Å². The van der Waals surface area contributed by atoms with Crippen LogP contribution in [-0.2, 0) is 6.61 Å². The largest absolute Gasteiger partial charge is 0.489 e. The molecule has 0 unspecified atom stereocenters. The van der Waals surface area contributed by atoms with Crippen LogP contribution in [0.4, 0.5) is 0 Å². The molecular formula is C17H16ClNO2. The van der Waals surface area contributed by atoms with E-state index in [0.717, 1.165) is 30.8 Å². The molecule has 0 atom stereocenters. The van der Waals surface area contributed by atoms with Crippen LogP contribution in [0.15, 0.2) is 48.5 Å². The lowest BCUT2D eigenvalue weighted by atomic mass is 10.1. The van der Waals surface area contributed by atoms with Gasteiger partial charge in [0, 0.05) is 23.7 Å². The van der Waals surface area contributed by atoms with Crippen molar-refractivity contribution in [1.29, 1.82) is 0 Å². The Hall–Kier alpha value is -2.00.